The highest BCUT2D eigenvalue weighted by molar-refractivity contribution is 5.94. The van der Waals surface area contributed by atoms with Crippen LogP contribution >= 0.6 is 0 Å². The highest BCUT2D eigenvalue weighted by Crippen LogP contribution is 2.33. The van der Waals surface area contributed by atoms with Crippen molar-refractivity contribution in [3.8, 4) is 28.4 Å². The predicted molar refractivity (Wildman–Crippen MR) is 113 cm³/mol. The minimum Gasteiger partial charge on any atom is -0.505 e. The van der Waals surface area contributed by atoms with Gasteiger partial charge in [0.05, 0.1) is 16.9 Å². The number of halogens is 1. The van der Waals surface area contributed by atoms with Crippen molar-refractivity contribution in [2.45, 2.75) is 26.3 Å². The maximum Gasteiger partial charge on any atom is 0.165 e. The van der Waals surface area contributed by atoms with Gasteiger partial charge in [0.1, 0.15) is 12.5 Å². The van der Waals surface area contributed by atoms with E-state index in [1.165, 1.54) is 12.1 Å². The summed E-state index contributed by atoms with van der Waals surface area (Å²) in [6, 6.07) is 8.78. The number of aromatic amines is 2. The molecular weight excluding hydrogens is 385 g/mol. The van der Waals surface area contributed by atoms with Crippen molar-refractivity contribution < 1.29 is 14.3 Å². The minimum absolute atomic E-state index is 0.318. The Labute approximate surface area is 172 Å². The third-order valence-corrected chi connectivity index (χ3v) is 5.36. The number of imidazole rings is 1. The van der Waals surface area contributed by atoms with Gasteiger partial charge < -0.3 is 20.2 Å². The van der Waals surface area contributed by atoms with Gasteiger partial charge in [0.15, 0.2) is 17.4 Å². The molecule has 8 heteroatoms. The van der Waals surface area contributed by atoms with E-state index in [9.17, 15) is 9.50 Å². The second-order valence-electron chi connectivity index (χ2n) is 7.08. The summed E-state index contributed by atoms with van der Waals surface area (Å²) in [5, 5.41) is 21.5. The summed E-state index contributed by atoms with van der Waals surface area (Å²) in [6.07, 6.45) is 1.60. The Morgan fingerprint density at radius 1 is 1.23 bits per heavy atom. The van der Waals surface area contributed by atoms with Crippen LogP contribution in [0.1, 0.15) is 23.9 Å². The van der Waals surface area contributed by atoms with Crippen LogP contribution in [0, 0.1) is 5.82 Å². The van der Waals surface area contributed by atoms with E-state index in [0.29, 0.717) is 6.42 Å². The Hall–Kier alpha value is -3.52. The zero-order valence-electron chi connectivity index (χ0n) is 16.6. The van der Waals surface area contributed by atoms with Gasteiger partial charge in [-0.25, -0.2) is 9.37 Å². The van der Waals surface area contributed by atoms with Crippen LogP contribution in [0.4, 0.5) is 4.39 Å². The molecule has 0 spiro atoms. The molecule has 0 amide bonds. The molecule has 0 unspecified atom stereocenters. The number of H-pyrrole nitrogens is 2. The third kappa shape index (κ3) is 3.35. The fourth-order valence-corrected chi connectivity index (χ4v) is 3.86. The van der Waals surface area contributed by atoms with Gasteiger partial charge in [-0.3, -0.25) is 5.10 Å². The van der Waals surface area contributed by atoms with Crippen molar-refractivity contribution in [2.24, 2.45) is 0 Å². The first-order valence-corrected chi connectivity index (χ1v) is 9.71. The molecule has 2 aromatic carbocycles. The second kappa shape index (κ2) is 8.08. The molecule has 3 heterocycles. The minimum atomic E-state index is -0.618. The molecule has 0 saturated heterocycles. The molecule has 0 atom stereocenters. The van der Waals surface area contributed by atoms with Gasteiger partial charge in [-0.2, -0.15) is 5.10 Å². The summed E-state index contributed by atoms with van der Waals surface area (Å²) in [6.45, 7) is 5.71. The Bertz CT molecular complexity index is 1190. The van der Waals surface area contributed by atoms with Crippen LogP contribution in [0.3, 0.4) is 0 Å². The van der Waals surface area contributed by atoms with Crippen LogP contribution in [-0.4, -0.2) is 38.6 Å². The summed E-state index contributed by atoms with van der Waals surface area (Å²) in [5.74, 6) is -0.174. The summed E-state index contributed by atoms with van der Waals surface area (Å²) < 4.78 is 13.9. The standard InChI is InChI=1S/C21H20FN5O.CH2O/c1-2-11-8-19(28)15(22)9-14(11)12-3-4-13-17(7-12)26-27-20(13)21-24-16-5-6-23-10-18(16)25-21;1-2/h3-4,7-9,23,28H,2,5-6,10H2,1H3,(H,24,25)(H,26,27);1H2. The number of aromatic nitrogens is 4. The SMILES string of the molecule is C=O.CCc1cc(O)c(F)cc1-c1ccc2c(-c3nc4c([nH]3)CNCC4)n[nH]c2c1. The number of phenolic OH excluding ortho intramolecular Hbond substituents is 1. The van der Waals surface area contributed by atoms with Crippen molar-refractivity contribution in [1.82, 2.24) is 25.5 Å². The van der Waals surface area contributed by atoms with E-state index in [4.69, 9.17) is 9.78 Å². The maximum absolute atomic E-state index is 13.9. The lowest BCUT2D eigenvalue weighted by Crippen LogP contribution is -2.23. The van der Waals surface area contributed by atoms with Gasteiger partial charge in [-0.1, -0.05) is 13.0 Å². The fourth-order valence-electron chi connectivity index (χ4n) is 3.86. The van der Waals surface area contributed by atoms with Crippen molar-refractivity contribution >= 4 is 17.7 Å². The smallest absolute Gasteiger partial charge is 0.165 e. The summed E-state index contributed by atoms with van der Waals surface area (Å²) in [7, 11) is 0. The van der Waals surface area contributed by atoms with Crippen molar-refractivity contribution in [3.63, 3.8) is 0 Å². The number of fused-ring (bicyclic) bond motifs is 2. The number of carbonyl (C=O) groups excluding carboxylic acids is 1. The first kappa shape index (κ1) is 19.8. The summed E-state index contributed by atoms with van der Waals surface area (Å²) in [5.41, 5.74) is 6.38. The number of hydrogen-bond donors (Lipinski definition) is 4. The van der Waals surface area contributed by atoms with Crippen LogP contribution in [0.15, 0.2) is 30.3 Å². The number of nitrogens with one attached hydrogen (secondary N) is 3. The number of carbonyl (C=O) groups is 1. The molecule has 154 valence electrons. The molecule has 7 nitrogen and oxygen atoms in total. The van der Waals surface area contributed by atoms with Crippen LogP contribution < -0.4 is 5.32 Å². The van der Waals surface area contributed by atoms with E-state index in [0.717, 1.165) is 70.0 Å². The number of aromatic hydroxyl groups is 1. The summed E-state index contributed by atoms with van der Waals surface area (Å²) in [4.78, 5) is 16.1. The van der Waals surface area contributed by atoms with Gasteiger partial charge in [-0.05, 0) is 47.4 Å². The van der Waals surface area contributed by atoms with Gasteiger partial charge in [0.25, 0.3) is 0 Å². The quantitative estimate of drug-likeness (QED) is 0.416. The zero-order chi connectivity index (χ0) is 21.3. The summed E-state index contributed by atoms with van der Waals surface area (Å²) >= 11 is 0. The average Bonchev–Trinajstić information content (AvgIpc) is 3.40. The molecule has 0 radical (unpaired) electrons. The molecular formula is C22H22FN5O2. The van der Waals surface area contributed by atoms with E-state index in [2.05, 4.69) is 20.5 Å². The van der Waals surface area contributed by atoms with E-state index in [-0.39, 0.29) is 5.75 Å². The monoisotopic (exact) mass is 407 g/mol. The fraction of sp³-hybridized carbons (Fsp3) is 0.227. The molecule has 1 aliphatic rings. The van der Waals surface area contributed by atoms with E-state index < -0.39 is 5.82 Å². The molecule has 2 aromatic heterocycles. The highest BCUT2D eigenvalue weighted by atomic mass is 19.1. The van der Waals surface area contributed by atoms with E-state index in [1.54, 1.807) is 0 Å². The van der Waals surface area contributed by atoms with Gasteiger partial charge >= 0.3 is 0 Å². The topological polar surface area (TPSA) is 107 Å². The maximum atomic E-state index is 13.9. The van der Waals surface area contributed by atoms with Crippen LogP contribution in [-0.2, 0) is 24.2 Å². The number of phenols is 1. The van der Waals surface area contributed by atoms with Crippen molar-refractivity contribution in [2.75, 3.05) is 6.54 Å². The normalized spacial score (nSPS) is 13.0. The highest BCUT2D eigenvalue weighted by Gasteiger charge is 2.18. The van der Waals surface area contributed by atoms with Gasteiger partial charge in [0.2, 0.25) is 0 Å². The Morgan fingerprint density at radius 3 is 2.83 bits per heavy atom. The first-order chi connectivity index (χ1) is 14.6. The molecule has 0 bridgehead atoms. The van der Waals surface area contributed by atoms with Crippen molar-refractivity contribution in [1.29, 1.82) is 0 Å². The second-order valence-corrected chi connectivity index (χ2v) is 7.08. The molecule has 5 rings (SSSR count). The number of rotatable bonds is 3. The van der Waals surface area contributed by atoms with Crippen molar-refractivity contribution in [3.05, 3.63) is 53.1 Å². The largest absolute Gasteiger partial charge is 0.505 e. The lowest BCUT2D eigenvalue weighted by Gasteiger charge is -2.10. The molecule has 4 aromatic rings. The Balaban J connectivity index is 0.00000106. The number of hydrogen-bond acceptors (Lipinski definition) is 5. The molecule has 1 aliphatic heterocycles. The first-order valence-electron chi connectivity index (χ1n) is 9.71. The van der Waals surface area contributed by atoms with E-state index >= 15 is 0 Å². The number of nitrogens with zero attached hydrogens (tertiary/aromatic N) is 2. The number of aryl methyl sites for hydroxylation is 1. The van der Waals surface area contributed by atoms with Crippen LogP contribution in [0.5, 0.6) is 5.75 Å². The zero-order valence-corrected chi connectivity index (χ0v) is 16.6. The lowest BCUT2D eigenvalue weighted by molar-refractivity contribution is -0.0979. The molecule has 0 aliphatic carbocycles. The van der Waals surface area contributed by atoms with Crippen LogP contribution in [0.25, 0.3) is 33.5 Å². The molecule has 0 fully saturated rings. The predicted octanol–water partition coefficient (Wildman–Crippen LogP) is 3.49. The molecule has 30 heavy (non-hydrogen) atoms. The van der Waals surface area contributed by atoms with Gasteiger partial charge in [-0.15, -0.1) is 0 Å². The van der Waals surface area contributed by atoms with Gasteiger partial charge in [0, 0.05) is 24.9 Å². The Kier molecular flexibility index (Phi) is 5.33. The van der Waals surface area contributed by atoms with Crippen LogP contribution in [0.2, 0.25) is 0 Å². The third-order valence-electron chi connectivity index (χ3n) is 5.36. The Morgan fingerprint density at radius 2 is 2.07 bits per heavy atom. The average molecular weight is 407 g/mol. The number of benzene rings is 2. The van der Waals surface area contributed by atoms with E-state index in [1.807, 2.05) is 31.9 Å². The molecule has 4 N–H and O–H groups in total. The lowest BCUT2D eigenvalue weighted by atomic mass is 9.96. The molecule has 0 saturated carbocycles.